The summed E-state index contributed by atoms with van der Waals surface area (Å²) in [6.07, 6.45) is 8.13. The van der Waals surface area contributed by atoms with Gasteiger partial charge >= 0.3 is 0 Å². The van der Waals surface area contributed by atoms with Crippen LogP contribution in [0.2, 0.25) is 0 Å². The van der Waals surface area contributed by atoms with Crippen LogP contribution in [0, 0.1) is 17.3 Å². The third-order valence-electron chi connectivity index (χ3n) is 7.88. The van der Waals surface area contributed by atoms with E-state index in [4.69, 9.17) is 0 Å². The van der Waals surface area contributed by atoms with Gasteiger partial charge in [0.15, 0.2) is 0 Å². The lowest BCUT2D eigenvalue weighted by molar-refractivity contribution is -0.123. The van der Waals surface area contributed by atoms with E-state index in [0.717, 1.165) is 17.5 Å². The van der Waals surface area contributed by atoms with Crippen molar-refractivity contribution >= 4 is 11.6 Å². The fourth-order valence-electron chi connectivity index (χ4n) is 6.96. The van der Waals surface area contributed by atoms with E-state index in [1.807, 2.05) is 20.8 Å². The molecule has 0 aromatic heterocycles. The Morgan fingerprint density at radius 3 is 1.86 bits per heavy atom. The number of rotatable bonds is 3. The van der Waals surface area contributed by atoms with Gasteiger partial charge in [-0.2, -0.15) is 0 Å². The zero-order valence-electron chi connectivity index (χ0n) is 18.0. The number of hydrogen-bond donors (Lipinski definition) is 1. The fourth-order valence-corrected chi connectivity index (χ4v) is 6.96. The highest BCUT2D eigenvalue weighted by atomic mass is 16.2. The minimum atomic E-state index is -0.374. The monoisotopic (exact) mass is 387 g/mol. The van der Waals surface area contributed by atoms with Gasteiger partial charge in [-0.1, -0.05) is 63.2 Å². The molecule has 0 spiro atoms. The van der Waals surface area contributed by atoms with Gasteiger partial charge in [-0.15, -0.1) is 0 Å². The van der Waals surface area contributed by atoms with E-state index in [9.17, 15) is 4.79 Å². The zero-order chi connectivity index (χ0) is 20.3. The van der Waals surface area contributed by atoms with Gasteiger partial charge in [0.25, 0.3) is 0 Å². The van der Waals surface area contributed by atoms with Crippen LogP contribution in [0.15, 0.2) is 54.6 Å². The lowest BCUT2D eigenvalue weighted by Crippen LogP contribution is -2.55. The summed E-state index contributed by atoms with van der Waals surface area (Å²) in [6.45, 7) is 5.86. The van der Waals surface area contributed by atoms with E-state index in [2.05, 4.69) is 59.9 Å². The number of hydrogen-bond acceptors (Lipinski definition) is 1. The Morgan fingerprint density at radius 2 is 1.34 bits per heavy atom. The molecular formula is C27H33NO. The molecule has 2 unspecified atom stereocenters. The zero-order valence-corrected chi connectivity index (χ0v) is 18.0. The molecule has 4 atom stereocenters. The standard InChI is InChI=1S/C27H33NO/c1-25(2,3)24(29)28-23-11-9-22(10-12-23)27-16-19-13-20(17-27)15-26(14-19,18-27)21-7-5-4-6-8-21/h4-12,19-20H,13-18H2,1-3H3,(H,28,29)/t19-,20+,26?,27?. The van der Waals surface area contributed by atoms with Crippen LogP contribution >= 0.6 is 0 Å². The first kappa shape index (κ1) is 18.9. The van der Waals surface area contributed by atoms with Gasteiger partial charge in [-0.05, 0) is 84.5 Å². The molecule has 0 aliphatic heterocycles. The number of nitrogens with one attached hydrogen (secondary N) is 1. The third kappa shape index (κ3) is 3.21. The second-order valence-electron chi connectivity index (χ2n) is 11.2. The fraction of sp³-hybridized carbons (Fsp3) is 0.519. The molecule has 4 aliphatic rings. The minimum absolute atomic E-state index is 0.0723. The van der Waals surface area contributed by atoms with E-state index in [0.29, 0.717) is 10.8 Å². The van der Waals surface area contributed by atoms with Crippen molar-refractivity contribution in [2.24, 2.45) is 17.3 Å². The number of benzene rings is 2. The van der Waals surface area contributed by atoms with Crippen molar-refractivity contribution in [1.82, 2.24) is 0 Å². The quantitative estimate of drug-likeness (QED) is 0.643. The summed E-state index contributed by atoms with van der Waals surface area (Å²) >= 11 is 0. The van der Waals surface area contributed by atoms with E-state index in [-0.39, 0.29) is 11.3 Å². The van der Waals surface area contributed by atoms with Crippen molar-refractivity contribution in [3.8, 4) is 0 Å². The van der Waals surface area contributed by atoms with Gasteiger partial charge < -0.3 is 5.32 Å². The maximum atomic E-state index is 12.3. The van der Waals surface area contributed by atoms with Crippen LogP contribution in [0.3, 0.4) is 0 Å². The molecule has 4 bridgehead atoms. The summed E-state index contributed by atoms with van der Waals surface area (Å²) in [4.78, 5) is 12.3. The Hall–Kier alpha value is -2.09. The topological polar surface area (TPSA) is 29.1 Å². The number of carbonyl (C=O) groups is 1. The van der Waals surface area contributed by atoms with Crippen LogP contribution in [-0.2, 0) is 15.6 Å². The Morgan fingerprint density at radius 1 is 0.828 bits per heavy atom. The lowest BCUT2D eigenvalue weighted by atomic mass is 9.42. The molecular weight excluding hydrogens is 354 g/mol. The van der Waals surface area contributed by atoms with E-state index in [1.165, 1.54) is 44.1 Å². The average molecular weight is 388 g/mol. The van der Waals surface area contributed by atoms with Crippen LogP contribution in [-0.4, -0.2) is 5.91 Å². The van der Waals surface area contributed by atoms with Crippen LogP contribution in [0.4, 0.5) is 5.69 Å². The van der Waals surface area contributed by atoms with Gasteiger partial charge in [0, 0.05) is 11.1 Å². The van der Waals surface area contributed by atoms with Gasteiger partial charge in [0.2, 0.25) is 5.91 Å². The predicted molar refractivity (Wildman–Crippen MR) is 119 cm³/mol. The molecule has 2 aromatic carbocycles. The molecule has 1 N–H and O–H groups in total. The van der Waals surface area contributed by atoms with Gasteiger partial charge in [0.1, 0.15) is 0 Å². The van der Waals surface area contributed by atoms with Gasteiger partial charge in [-0.25, -0.2) is 0 Å². The van der Waals surface area contributed by atoms with Crippen molar-refractivity contribution in [2.75, 3.05) is 5.32 Å². The van der Waals surface area contributed by atoms with Gasteiger partial charge in [-0.3, -0.25) is 4.79 Å². The molecule has 4 aliphatic carbocycles. The maximum absolute atomic E-state index is 12.3. The first-order valence-corrected chi connectivity index (χ1v) is 11.3. The summed E-state index contributed by atoms with van der Waals surface area (Å²) < 4.78 is 0. The Kier molecular flexibility index (Phi) is 4.21. The highest BCUT2D eigenvalue weighted by Gasteiger charge is 2.58. The molecule has 4 fully saturated rings. The second-order valence-corrected chi connectivity index (χ2v) is 11.2. The van der Waals surface area contributed by atoms with Crippen molar-refractivity contribution in [2.45, 2.75) is 70.1 Å². The molecule has 0 heterocycles. The lowest BCUT2D eigenvalue weighted by Gasteiger charge is -2.62. The minimum Gasteiger partial charge on any atom is -0.326 e. The molecule has 2 aromatic rings. The SMILES string of the molecule is CC(C)(C)C(=O)Nc1ccc(C23C[C@@H]4C[C@@H](CC(c5ccccc5)(C4)C2)C3)cc1. The van der Waals surface area contributed by atoms with Crippen molar-refractivity contribution < 1.29 is 4.79 Å². The molecule has 152 valence electrons. The van der Waals surface area contributed by atoms with E-state index >= 15 is 0 Å². The number of amides is 1. The van der Waals surface area contributed by atoms with Gasteiger partial charge in [0.05, 0.1) is 0 Å². The molecule has 1 amide bonds. The van der Waals surface area contributed by atoms with Crippen LogP contribution in [0.25, 0.3) is 0 Å². The summed E-state index contributed by atoms with van der Waals surface area (Å²) in [6, 6.07) is 20.1. The second kappa shape index (κ2) is 6.45. The highest BCUT2D eigenvalue weighted by Crippen LogP contribution is 2.66. The molecule has 0 radical (unpaired) electrons. The smallest absolute Gasteiger partial charge is 0.229 e. The molecule has 4 saturated carbocycles. The molecule has 2 heteroatoms. The normalized spacial score (nSPS) is 32.9. The Bertz CT molecular complexity index is 892. The molecule has 0 saturated heterocycles. The summed E-state index contributed by atoms with van der Waals surface area (Å²) in [7, 11) is 0. The highest BCUT2D eigenvalue weighted by molar-refractivity contribution is 5.94. The summed E-state index contributed by atoms with van der Waals surface area (Å²) in [5.41, 5.74) is 4.27. The molecule has 6 rings (SSSR count). The van der Waals surface area contributed by atoms with Crippen LogP contribution in [0.5, 0.6) is 0 Å². The van der Waals surface area contributed by atoms with Crippen molar-refractivity contribution in [3.63, 3.8) is 0 Å². The summed E-state index contributed by atoms with van der Waals surface area (Å²) in [5, 5.41) is 3.08. The first-order chi connectivity index (χ1) is 13.8. The first-order valence-electron chi connectivity index (χ1n) is 11.3. The number of anilines is 1. The molecule has 2 nitrogen and oxygen atoms in total. The predicted octanol–water partition coefficient (Wildman–Crippen LogP) is 6.46. The van der Waals surface area contributed by atoms with Crippen molar-refractivity contribution in [1.29, 1.82) is 0 Å². The Balaban J connectivity index is 1.44. The largest absolute Gasteiger partial charge is 0.326 e. The van der Waals surface area contributed by atoms with E-state index < -0.39 is 0 Å². The molecule has 29 heavy (non-hydrogen) atoms. The number of carbonyl (C=O) groups excluding carboxylic acids is 1. The van der Waals surface area contributed by atoms with Crippen LogP contribution in [0.1, 0.15) is 70.4 Å². The average Bonchev–Trinajstić information content (AvgIpc) is 2.67. The van der Waals surface area contributed by atoms with E-state index in [1.54, 1.807) is 5.56 Å². The summed E-state index contributed by atoms with van der Waals surface area (Å²) in [5.74, 6) is 1.79. The third-order valence-corrected chi connectivity index (χ3v) is 7.88. The van der Waals surface area contributed by atoms with Crippen LogP contribution < -0.4 is 5.32 Å². The maximum Gasteiger partial charge on any atom is 0.229 e. The Labute approximate surface area is 175 Å². The van der Waals surface area contributed by atoms with Crippen molar-refractivity contribution in [3.05, 3.63) is 65.7 Å².